The van der Waals surface area contributed by atoms with Crippen LogP contribution >= 0.6 is 0 Å². The largest absolute Gasteiger partial charge is 0.377 e. The molecule has 1 aliphatic heterocycles. The molecule has 1 saturated heterocycles. The highest BCUT2D eigenvalue weighted by molar-refractivity contribution is 5.92. The Hall–Kier alpha value is -1.90. The highest BCUT2D eigenvalue weighted by Crippen LogP contribution is 2.24. The lowest BCUT2D eigenvalue weighted by atomic mass is 9.99. The number of hydrogen-bond acceptors (Lipinski definition) is 4. The molecule has 0 aromatic carbocycles. The van der Waals surface area contributed by atoms with Gasteiger partial charge in [-0.25, -0.2) is 4.98 Å². The molecule has 0 spiro atoms. The molecule has 1 amide bonds. The molecule has 2 rings (SSSR count). The Balaban J connectivity index is 2.04. The minimum absolute atomic E-state index is 0.00946. The summed E-state index contributed by atoms with van der Waals surface area (Å²) in [5.74, 6) is 5.97. The number of pyridine rings is 1. The van der Waals surface area contributed by atoms with Gasteiger partial charge in [-0.2, -0.15) is 0 Å². The fraction of sp³-hybridized carbons (Fsp3) is 0.467. The van der Waals surface area contributed by atoms with Crippen LogP contribution in [-0.4, -0.2) is 30.1 Å². The summed E-state index contributed by atoms with van der Waals surface area (Å²) in [6.07, 6.45) is 1.61. The molecule has 0 aliphatic carbocycles. The minimum Gasteiger partial charge on any atom is -0.377 e. The molecule has 2 atom stereocenters. The third-order valence-corrected chi connectivity index (χ3v) is 3.27. The molecule has 20 heavy (non-hydrogen) atoms. The van der Waals surface area contributed by atoms with Crippen LogP contribution in [0.3, 0.4) is 0 Å². The Labute approximate surface area is 118 Å². The van der Waals surface area contributed by atoms with Crippen molar-refractivity contribution in [2.45, 2.75) is 25.9 Å². The van der Waals surface area contributed by atoms with Gasteiger partial charge in [-0.1, -0.05) is 18.9 Å². The van der Waals surface area contributed by atoms with Crippen LogP contribution in [-0.2, 0) is 9.53 Å². The zero-order valence-corrected chi connectivity index (χ0v) is 11.6. The molecule has 1 fully saturated rings. The van der Waals surface area contributed by atoms with E-state index in [2.05, 4.69) is 22.1 Å². The summed E-state index contributed by atoms with van der Waals surface area (Å²) < 4.78 is 5.53. The quantitative estimate of drug-likeness (QED) is 0.810. The number of nitrogens with zero attached hydrogens (tertiary/aromatic N) is 1. The van der Waals surface area contributed by atoms with E-state index in [1.807, 2.05) is 13.0 Å². The first-order valence-electron chi connectivity index (χ1n) is 6.83. The van der Waals surface area contributed by atoms with Crippen molar-refractivity contribution in [1.82, 2.24) is 4.98 Å². The summed E-state index contributed by atoms with van der Waals surface area (Å²) in [6, 6.07) is 5.35. The lowest BCUT2D eigenvalue weighted by molar-refractivity contribution is -0.121. The first-order valence-corrected chi connectivity index (χ1v) is 6.83. The Morgan fingerprint density at radius 2 is 2.45 bits per heavy atom. The van der Waals surface area contributed by atoms with Crippen LogP contribution in [0.5, 0.6) is 0 Å². The fourth-order valence-electron chi connectivity index (χ4n) is 2.29. The zero-order valence-electron chi connectivity index (χ0n) is 11.6. The molecule has 1 aliphatic rings. The number of carbonyl (C=O) groups is 1. The van der Waals surface area contributed by atoms with Gasteiger partial charge < -0.3 is 15.8 Å². The molecule has 2 heterocycles. The van der Waals surface area contributed by atoms with E-state index >= 15 is 0 Å². The minimum atomic E-state index is -0.0967. The van der Waals surface area contributed by atoms with Crippen molar-refractivity contribution in [3.05, 3.63) is 23.9 Å². The van der Waals surface area contributed by atoms with Crippen molar-refractivity contribution in [3.63, 3.8) is 0 Å². The number of carbonyl (C=O) groups excluding carboxylic acids is 1. The number of nitrogens with one attached hydrogen (secondary N) is 1. The van der Waals surface area contributed by atoms with Crippen molar-refractivity contribution in [3.8, 4) is 11.8 Å². The van der Waals surface area contributed by atoms with Crippen LogP contribution in [0.4, 0.5) is 5.82 Å². The monoisotopic (exact) mass is 273 g/mol. The Morgan fingerprint density at radius 1 is 1.60 bits per heavy atom. The van der Waals surface area contributed by atoms with Gasteiger partial charge in [-0.15, -0.1) is 0 Å². The second-order valence-corrected chi connectivity index (χ2v) is 4.62. The zero-order chi connectivity index (χ0) is 14.4. The topological polar surface area (TPSA) is 77.2 Å². The van der Waals surface area contributed by atoms with Crippen molar-refractivity contribution in [2.24, 2.45) is 11.7 Å². The predicted molar refractivity (Wildman–Crippen MR) is 76.9 cm³/mol. The maximum absolute atomic E-state index is 12.2. The number of anilines is 1. The van der Waals surface area contributed by atoms with Crippen LogP contribution < -0.4 is 11.1 Å². The number of rotatable bonds is 3. The van der Waals surface area contributed by atoms with Crippen LogP contribution in [0.15, 0.2) is 18.2 Å². The lowest BCUT2D eigenvalue weighted by Gasteiger charge is -2.16. The highest BCUT2D eigenvalue weighted by atomic mass is 16.5. The van der Waals surface area contributed by atoms with Gasteiger partial charge in [0.1, 0.15) is 11.5 Å². The standard InChI is InChI=1S/C15H19N3O2/c1-2-13-12(8-10-20-13)15(19)18-14-7-3-5-11(17-14)6-4-9-16/h3,5,7,12-13H,2,8-10,16H2,1H3,(H,17,18,19). The van der Waals surface area contributed by atoms with E-state index in [1.165, 1.54) is 0 Å². The summed E-state index contributed by atoms with van der Waals surface area (Å²) in [7, 11) is 0. The van der Waals surface area contributed by atoms with Crippen LogP contribution in [0.1, 0.15) is 25.5 Å². The van der Waals surface area contributed by atoms with Gasteiger partial charge in [-0.05, 0) is 30.9 Å². The van der Waals surface area contributed by atoms with Gasteiger partial charge in [0.15, 0.2) is 0 Å². The molecule has 5 heteroatoms. The van der Waals surface area contributed by atoms with Crippen LogP contribution in [0.2, 0.25) is 0 Å². The van der Waals surface area contributed by atoms with Crippen molar-refractivity contribution < 1.29 is 9.53 Å². The second-order valence-electron chi connectivity index (χ2n) is 4.62. The molecule has 0 bridgehead atoms. The second kappa shape index (κ2) is 7.04. The predicted octanol–water partition coefficient (Wildman–Crippen LogP) is 1.15. The van der Waals surface area contributed by atoms with E-state index in [0.29, 0.717) is 18.1 Å². The third kappa shape index (κ3) is 3.56. The first kappa shape index (κ1) is 14.5. The van der Waals surface area contributed by atoms with Gasteiger partial charge >= 0.3 is 0 Å². The average molecular weight is 273 g/mol. The van der Waals surface area contributed by atoms with Crippen LogP contribution in [0, 0.1) is 17.8 Å². The summed E-state index contributed by atoms with van der Waals surface area (Å²) in [6.45, 7) is 2.96. The molecule has 106 valence electrons. The van der Waals surface area contributed by atoms with E-state index in [4.69, 9.17) is 10.5 Å². The molecule has 0 radical (unpaired) electrons. The highest BCUT2D eigenvalue weighted by Gasteiger charge is 2.32. The number of nitrogens with two attached hydrogens (primary N) is 1. The molecule has 3 N–H and O–H groups in total. The fourth-order valence-corrected chi connectivity index (χ4v) is 2.29. The van der Waals surface area contributed by atoms with Gasteiger partial charge in [0.25, 0.3) is 0 Å². The van der Waals surface area contributed by atoms with E-state index in [9.17, 15) is 4.79 Å². The van der Waals surface area contributed by atoms with Crippen molar-refractivity contribution in [1.29, 1.82) is 0 Å². The Kier molecular flexibility index (Phi) is 5.10. The molecule has 2 unspecified atom stereocenters. The SMILES string of the molecule is CCC1OCCC1C(=O)Nc1cccc(C#CCN)n1. The van der Waals surface area contributed by atoms with Crippen molar-refractivity contribution in [2.75, 3.05) is 18.5 Å². The molecule has 1 aromatic heterocycles. The molecular weight excluding hydrogens is 254 g/mol. The number of ether oxygens (including phenoxy) is 1. The maximum Gasteiger partial charge on any atom is 0.231 e. The lowest BCUT2D eigenvalue weighted by Crippen LogP contribution is -2.29. The molecule has 1 aromatic rings. The van der Waals surface area contributed by atoms with E-state index in [-0.39, 0.29) is 24.5 Å². The maximum atomic E-state index is 12.2. The van der Waals surface area contributed by atoms with E-state index in [1.54, 1.807) is 12.1 Å². The van der Waals surface area contributed by atoms with Gasteiger partial charge in [-0.3, -0.25) is 4.79 Å². The van der Waals surface area contributed by atoms with Gasteiger partial charge in [0.2, 0.25) is 5.91 Å². The smallest absolute Gasteiger partial charge is 0.231 e. The summed E-state index contributed by atoms with van der Waals surface area (Å²) in [5, 5.41) is 2.84. The van der Waals surface area contributed by atoms with Crippen LogP contribution in [0.25, 0.3) is 0 Å². The summed E-state index contributed by atoms with van der Waals surface area (Å²) in [4.78, 5) is 16.5. The molecule has 5 nitrogen and oxygen atoms in total. The summed E-state index contributed by atoms with van der Waals surface area (Å²) >= 11 is 0. The van der Waals surface area contributed by atoms with Gasteiger partial charge in [0, 0.05) is 6.61 Å². The Bertz CT molecular complexity index is 533. The Morgan fingerprint density at radius 3 is 3.20 bits per heavy atom. The average Bonchev–Trinajstić information content (AvgIpc) is 2.94. The number of hydrogen-bond donors (Lipinski definition) is 2. The van der Waals surface area contributed by atoms with E-state index < -0.39 is 0 Å². The summed E-state index contributed by atoms with van der Waals surface area (Å²) in [5.41, 5.74) is 5.92. The normalized spacial score (nSPS) is 21.1. The van der Waals surface area contributed by atoms with E-state index in [0.717, 1.165) is 12.8 Å². The third-order valence-electron chi connectivity index (χ3n) is 3.27. The number of amides is 1. The van der Waals surface area contributed by atoms with Crippen molar-refractivity contribution >= 4 is 11.7 Å². The van der Waals surface area contributed by atoms with Gasteiger partial charge in [0.05, 0.1) is 18.6 Å². The molecule has 0 saturated carbocycles. The first-order chi connectivity index (χ1) is 9.74. The number of aromatic nitrogens is 1. The molecular formula is C15H19N3O2.